The first-order chi connectivity index (χ1) is 9.11. The van der Waals surface area contributed by atoms with Crippen LogP contribution in [0.3, 0.4) is 0 Å². The maximum atomic E-state index is 12.3. The molecule has 2 rings (SSSR count). The van der Waals surface area contributed by atoms with Crippen LogP contribution in [0.15, 0.2) is 29.8 Å². The maximum Gasteiger partial charge on any atom is 0.254 e. The number of methoxy groups -OCH3 is 1. The number of benzene rings is 1. The second kappa shape index (κ2) is 6.72. The minimum atomic E-state index is 0.0333. The lowest BCUT2D eigenvalue weighted by molar-refractivity contribution is 0.0765. The Morgan fingerprint density at radius 1 is 1.53 bits per heavy atom. The monoisotopic (exact) mass is 391 g/mol. The zero-order valence-electron chi connectivity index (χ0n) is 10.7. The van der Waals surface area contributed by atoms with Gasteiger partial charge in [0.05, 0.1) is 11.6 Å². The zero-order valence-corrected chi connectivity index (χ0v) is 13.6. The van der Waals surface area contributed by atoms with Crippen LogP contribution < -0.4 is 0 Å². The standard InChI is InChI=1S/C14H15ClINO2/c1-19-9-10-4-6-17(7-5-10)14(18)11-2-3-13(16)12(15)8-11/h2-4,8H,5-7,9H2,1H3. The van der Waals surface area contributed by atoms with Gasteiger partial charge in [0.25, 0.3) is 5.91 Å². The number of hydrogen-bond acceptors (Lipinski definition) is 2. The molecule has 0 aliphatic carbocycles. The van der Waals surface area contributed by atoms with Gasteiger partial charge < -0.3 is 9.64 Å². The van der Waals surface area contributed by atoms with E-state index in [1.165, 1.54) is 5.57 Å². The molecule has 3 nitrogen and oxygen atoms in total. The van der Waals surface area contributed by atoms with E-state index in [-0.39, 0.29) is 5.91 Å². The third-order valence-electron chi connectivity index (χ3n) is 3.09. The Bertz CT molecular complexity index is 516. The molecule has 0 atom stereocenters. The van der Waals surface area contributed by atoms with Crippen molar-refractivity contribution in [2.75, 3.05) is 26.8 Å². The average molecular weight is 392 g/mol. The Kier molecular flexibility index (Phi) is 5.24. The molecule has 0 spiro atoms. The van der Waals surface area contributed by atoms with Crippen LogP contribution in [0.5, 0.6) is 0 Å². The van der Waals surface area contributed by atoms with Crippen LogP contribution in [0.1, 0.15) is 16.8 Å². The summed E-state index contributed by atoms with van der Waals surface area (Å²) in [4.78, 5) is 14.2. The number of nitrogens with zero attached hydrogens (tertiary/aromatic N) is 1. The van der Waals surface area contributed by atoms with E-state index in [1.54, 1.807) is 13.2 Å². The Labute approximate surface area is 131 Å². The highest BCUT2D eigenvalue weighted by Crippen LogP contribution is 2.21. The van der Waals surface area contributed by atoms with E-state index in [9.17, 15) is 4.79 Å². The van der Waals surface area contributed by atoms with Crippen molar-refractivity contribution in [2.24, 2.45) is 0 Å². The van der Waals surface area contributed by atoms with Crippen LogP contribution in [0.2, 0.25) is 5.02 Å². The van der Waals surface area contributed by atoms with Crippen LogP contribution in [-0.4, -0.2) is 37.6 Å². The molecule has 1 aromatic rings. The van der Waals surface area contributed by atoms with Crippen LogP contribution in [0.4, 0.5) is 0 Å². The summed E-state index contributed by atoms with van der Waals surface area (Å²) in [6.45, 7) is 2.02. The molecule has 1 heterocycles. The van der Waals surface area contributed by atoms with Crippen molar-refractivity contribution in [1.29, 1.82) is 0 Å². The second-order valence-corrected chi connectivity index (χ2v) is 5.99. The minimum absolute atomic E-state index is 0.0333. The highest BCUT2D eigenvalue weighted by Gasteiger charge is 2.19. The molecule has 102 valence electrons. The number of carbonyl (C=O) groups is 1. The number of carbonyl (C=O) groups excluding carboxylic acids is 1. The van der Waals surface area contributed by atoms with Crippen LogP contribution in [-0.2, 0) is 4.74 Å². The second-order valence-electron chi connectivity index (χ2n) is 4.43. The van der Waals surface area contributed by atoms with Gasteiger partial charge in [0.15, 0.2) is 0 Å². The maximum absolute atomic E-state index is 12.3. The fourth-order valence-corrected chi connectivity index (χ4v) is 2.54. The summed E-state index contributed by atoms with van der Waals surface area (Å²) < 4.78 is 6.06. The van der Waals surface area contributed by atoms with E-state index in [2.05, 4.69) is 28.7 Å². The third-order valence-corrected chi connectivity index (χ3v) is 4.66. The molecule has 0 saturated heterocycles. The van der Waals surface area contributed by atoms with Crippen molar-refractivity contribution in [3.8, 4) is 0 Å². The van der Waals surface area contributed by atoms with E-state index in [1.807, 2.05) is 17.0 Å². The molecule has 0 N–H and O–H groups in total. The molecule has 0 radical (unpaired) electrons. The Balaban J connectivity index is 2.07. The normalized spacial score (nSPS) is 15.3. The number of ether oxygens (including phenoxy) is 1. The van der Waals surface area contributed by atoms with Crippen LogP contribution in [0, 0.1) is 3.57 Å². The van der Waals surface area contributed by atoms with Gasteiger partial charge in [0, 0.05) is 29.3 Å². The van der Waals surface area contributed by atoms with Gasteiger partial charge in [0.2, 0.25) is 0 Å². The van der Waals surface area contributed by atoms with Crippen molar-refractivity contribution < 1.29 is 9.53 Å². The molecule has 5 heteroatoms. The van der Waals surface area contributed by atoms with Gasteiger partial charge in [-0.05, 0) is 52.8 Å². The van der Waals surface area contributed by atoms with Gasteiger partial charge in [0.1, 0.15) is 0 Å². The Morgan fingerprint density at radius 3 is 2.89 bits per heavy atom. The molecular formula is C14H15ClINO2. The van der Waals surface area contributed by atoms with Gasteiger partial charge in [-0.15, -0.1) is 0 Å². The SMILES string of the molecule is COCC1=CCN(C(=O)c2ccc(I)c(Cl)c2)CC1. The Hall–Kier alpha value is -0.590. The van der Waals surface area contributed by atoms with Crippen LogP contribution >= 0.6 is 34.2 Å². The van der Waals surface area contributed by atoms with E-state index in [4.69, 9.17) is 16.3 Å². The van der Waals surface area contributed by atoms with Crippen molar-refractivity contribution in [1.82, 2.24) is 4.90 Å². The molecule has 0 bridgehead atoms. The molecule has 0 saturated carbocycles. The molecule has 1 amide bonds. The fraction of sp³-hybridized carbons (Fsp3) is 0.357. The van der Waals surface area contributed by atoms with Crippen molar-refractivity contribution in [3.63, 3.8) is 0 Å². The van der Waals surface area contributed by atoms with E-state index in [0.717, 1.165) is 16.5 Å². The average Bonchev–Trinajstić information content (AvgIpc) is 2.42. The molecule has 0 unspecified atom stereocenters. The largest absolute Gasteiger partial charge is 0.380 e. The lowest BCUT2D eigenvalue weighted by Gasteiger charge is -2.26. The summed E-state index contributed by atoms with van der Waals surface area (Å²) in [6.07, 6.45) is 2.94. The first-order valence-electron chi connectivity index (χ1n) is 6.03. The molecule has 1 aliphatic heterocycles. The number of amides is 1. The molecule has 19 heavy (non-hydrogen) atoms. The van der Waals surface area contributed by atoms with Crippen molar-refractivity contribution >= 4 is 40.1 Å². The highest BCUT2D eigenvalue weighted by atomic mass is 127. The number of halogens is 2. The van der Waals surface area contributed by atoms with Crippen molar-refractivity contribution in [2.45, 2.75) is 6.42 Å². The summed E-state index contributed by atoms with van der Waals surface area (Å²) in [7, 11) is 1.69. The molecule has 1 aliphatic rings. The topological polar surface area (TPSA) is 29.5 Å². The summed E-state index contributed by atoms with van der Waals surface area (Å²) in [6, 6.07) is 5.43. The predicted molar refractivity (Wildman–Crippen MR) is 84.6 cm³/mol. The summed E-state index contributed by atoms with van der Waals surface area (Å²) in [5.74, 6) is 0.0333. The molecular weight excluding hydrogens is 377 g/mol. The summed E-state index contributed by atoms with van der Waals surface area (Å²) in [5, 5.41) is 0.624. The lowest BCUT2D eigenvalue weighted by atomic mass is 10.1. The van der Waals surface area contributed by atoms with Gasteiger partial charge in [-0.25, -0.2) is 0 Å². The van der Waals surface area contributed by atoms with E-state index in [0.29, 0.717) is 23.7 Å². The van der Waals surface area contributed by atoms with E-state index >= 15 is 0 Å². The molecule has 0 aromatic heterocycles. The minimum Gasteiger partial charge on any atom is -0.380 e. The first-order valence-corrected chi connectivity index (χ1v) is 7.48. The first kappa shape index (κ1) is 14.8. The van der Waals surface area contributed by atoms with Crippen molar-refractivity contribution in [3.05, 3.63) is 44.0 Å². The van der Waals surface area contributed by atoms with Gasteiger partial charge >= 0.3 is 0 Å². The quantitative estimate of drug-likeness (QED) is 0.584. The Morgan fingerprint density at radius 2 is 2.32 bits per heavy atom. The summed E-state index contributed by atoms with van der Waals surface area (Å²) >= 11 is 8.21. The lowest BCUT2D eigenvalue weighted by Crippen LogP contribution is -2.35. The van der Waals surface area contributed by atoms with E-state index < -0.39 is 0 Å². The summed E-state index contributed by atoms with van der Waals surface area (Å²) in [5.41, 5.74) is 1.90. The third kappa shape index (κ3) is 3.70. The number of rotatable bonds is 3. The fourth-order valence-electron chi connectivity index (χ4n) is 2.02. The molecule has 1 aromatic carbocycles. The highest BCUT2D eigenvalue weighted by molar-refractivity contribution is 14.1. The molecule has 0 fully saturated rings. The van der Waals surface area contributed by atoms with Gasteiger partial charge in [-0.3, -0.25) is 4.79 Å². The zero-order chi connectivity index (χ0) is 13.8. The number of hydrogen-bond donors (Lipinski definition) is 0. The van der Waals surface area contributed by atoms with Gasteiger partial charge in [-0.2, -0.15) is 0 Å². The predicted octanol–water partition coefficient (Wildman–Crippen LogP) is 3.36. The smallest absolute Gasteiger partial charge is 0.254 e. The van der Waals surface area contributed by atoms with Gasteiger partial charge in [-0.1, -0.05) is 17.7 Å². The van der Waals surface area contributed by atoms with Crippen LogP contribution in [0.25, 0.3) is 0 Å².